The Kier molecular flexibility index (Phi) is 7.18. The summed E-state index contributed by atoms with van der Waals surface area (Å²) in [5.74, 6) is 1.10. The van der Waals surface area contributed by atoms with Gasteiger partial charge in [-0.2, -0.15) is 0 Å². The minimum absolute atomic E-state index is 0.362. The number of aliphatic hydroxyl groups is 1. The van der Waals surface area contributed by atoms with Gasteiger partial charge in [-0.25, -0.2) is 0 Å². The van der Waals surface area contributed by atoms with Crippen molar-refractivity contribution in [1.29, 1.82) is 0 Å². The summed E-state index contributed by atoms with van der Waals surface area (Å²) in [6, 6.07) is 11.0. The summed E-state index contributed by atoms with van der Waals surface area (Å²) in [5.41, 5.74) is 14.4. The van der Waals surface area contributed by atoms with Gasteiger partial charge in [0, 0.05) is 18.3 Å². The van der Waals surface area contributed by atoms with Crippen molar-refractivity contribution in [2.75, 3.05) is 39.6 Å². The molecule has 0 bridgehead atoms. The summed E-state index contributed by atoms with van der Waals surface area (Å²) < 4.78 is 10.5. The van der Waals surface area contributed by atoms with Gasteiger partial charge in [-0.05, 0) is 67.6 Å². The summed E-state index contributed by atoms with van der Waals surface area (Å²) in [5, 5.41) is 10.6. The Bertz CT molecular complexity index is 879. The quantitative estimate of drug-likeness (QED) is 0.573. The molecule has 1 saturated heterocycles. The summed E-state index contributed by atoms with van der Waals surface area (Å²) in [6.45, 7) is 2.41. The van der Waals surface area contributed by atoms with Crippen molar-refractivity contribution >= 4 is 11.6 Å². The van der Waals surface area contributed by atoms with E-state index in [1.54, 1.807) is 19.2 Å². The first-order chi connectivity index (χ1) is 14.4. The maximum absolute atomic E-state index is 11.7. The van der Waals surface area contributed by atoms with E-state index < -0.39 is 12.0 Å². The van der Waals surface area contributed by atoms with Gasteiger partial charge >= 0.3 is 0 Å². The number of nitrogens with two attached hydrogens (primary N) is 2. The van der Waals surface area contributed by atoms with Gasteiger partial charge in [-0.15, -0.1) is 0 Å². The number of piperidine rings is 1. The molecule has 0 spiro atoms. The number of carbonyl (C=O) groups excluding carboxylic acids is 1. The first-order valence-corrected chi connectivity index (χ1v) is 10.2. The van der Waals surface area contributed by atoms with E-state index in [2.05, 4.69) is 4.90 Å². The van der Waals surface area contributed by atoms with Crippen LogP contribution in [0.4, 0.5) is 5.69 Å². The fourth-order valence-corrected chi connectivity index (χ4v) is 4.06. The number of aliphatic hydroxyl groups excluding tert-OH is 1. The molecular weight excluding hydrogens is 382 g/mol. The number of hydrogen-bond acceptors (Lipinski definition) is 6. The average molecular weight is 414 g/mol. The molecule has 30 heavy (non-hydrogen) atoms. The lowest BCUT2D eigenvalue weighted by Crippen LogP contribution is -2.37. The van der Waals surface area contributed by atoms with E-state index in [4.69, 9.17) is 20.9 Å². The summed E-state index contributed by atoms with van der Waals surface area (Å²) >= 11 is 0. The molecule has 1 fully saturated rings. The molecule has 1 unspecified atom stereocenters. The molecule has 7 heteroatoms. The third-order valence-corrected chi connectivity index (χ3v) is 5.85. The zero-order valence-corrected chi connectivity index (χ0v) is 17.6. The number of ether oxygens (including phenoxy) is 2. The van der Waals surface area contributed by atoms with Gasteiger partial charge in [0.2, 0.25) is 0 Å². The Morgan fingerprint density at radius 1 is 1.20 bits per heavy atom. The van der Waals surface area contributed by atoms with Crippen molar-refractivity contribution in [3.63, 3.8) is 0 Å². The van der Waals surface area contributed by atoms with Crippen molar-refractivity contribution in [2.24, 2.45) is 11.7 Å². The molecular formula is C23H31N3O4. The topological polar surface area (TPSA) is 111 Å². The van der Waals surface area contributed by atoms with Crippen LogP contribution in [-0.4, -0.2) is 49.8 Å². The SMILES string of the molecule is COc1cccc(C(O)CN2CCC(Cc3cc(C(N)=O)c(OC)cc3N)CC2)c1. The Morgan fingerprint density at radius 3 is 2.57 bits per heavy atom. The highest BCUT2D eigenvalue weighted by atomic mass is 16.5. The van der Waals surface area contributed by atoms with Crippen molar-refractivity contribution in [2.45, 2.75) is 25.4 Å². The van der Waals surface area contributed by atoms with E-state index in [1.807, 2.05) is 24.3 Å². The minimum Gasteiger partial charge on any atom is -0.497 e. The minimum atomic E-state index is -0.549. The molecule has 1 aliphatic heterocycles. The highest BCUT2D eigenvalue weighted by Crippen LogP contribution is 2.30. The highest BCUT2D eigenvalue weighted by molar-refractivity contribution is 5.96. The predicted octanol–water partition coefficient (Wildman–Crippen LogP) is 2.37. The number of methoxy groups -OCH3 is 2. The second kappa shape index (κ2) is 9.82. The van der Waals surface area contributed by atoms with E-state index >= 15 is 0 Å². The lowest BCUT2D eigenvalue weighted by atomic mass is 9.88. The number of benzene rings is 2. The number of carbonyl (C=O) groups is 1. The zero-order valence-electron chi connectivity index (χ0n) is 17.6. The Hall–Kier alpha value is -2.77. The Morgan fingerprint density at radius 2 is 1.93 bits per heavy atom. The monoisotopic (exact) mass is 413 g/mol. The van der Waals surface area contributed by atoms with Crippen molar-refractivity contribution in [3.05, 3.63) is 53.1 Å². The van der Waals surface area contributed by atoms with Crippen LogP contribution in [0.2, 0.25) is 0 Å². The van der Waals surface area contributed by atoms with Gasteiger partial charge in [-0.3, -0.25) is 4.79 Å². The van der Waals surface area contributed by atoms with E-state index in [0.717, 1.165) is 49.2 Å². The van der Waals surface area contributed by atoms with Crippen molar-refractivity contribution < 1.29 is 19.4 Å². The summed E-state index contributed by atoms with van der Waals surface area (Å²) in [7, 11) is 3.12. The Labute approximate surface area is 177 Å². The maximum Gasteiger partial charge on any atom is 0.252 e. The number of nitrogens with zero attached hydrogens (tertiary/aromatic N) is 1. The number of amides is 1. The number of hydrogen-bond donors (Lipinski definition) is 3. The zero-order chi connectivity index (χ0) is 21.7. The number of β-amino-alcohol motifs (C(OH)–C–C–N with tert-alkyl or cyclic N) is 1. The summed E-state index contributed by atoms with van der Waals surface area (Å²) in [4.78, 5) is 14.0. The van der Waals surface area contributed by atoms with E-state index in [-0.39, 0.29) is 0 Å². The second-order valence-electron chi connectivity index (χ2n) is 7.86. The van der Waals surface area contributed by atoms with Gasteiger partial charge < -0.3 is 30.9 Å². The van der Waals surface area contributed by atoms with Crippen molar-refractivity contribution in [1.82, 2.24) is 4.90 Å². The van der Waals surface area contributed by atoms with Gasteiger partial charge in [0.05, 0.1) is 25.9 Å². The molecule has 0 aliphatic carbocycles. The van der Waals surface area contributed by atoms with Crippen LogP contribution in [0.15, 0.2) is 36.4 Å². The second-order valence-corrected chi connectivity index (χ2v) is 7.86. The standard InChI is InChI=1S/C23H31N3O4/c1-29-18-5-3-4-16(11-18)21(27)14-26-8-6-15(7-9-26)10-17-12-19(23(25)28)22(30-2)13-20(17)24/h3-5,11-13,15,21,27H,6-10,14,24H2,1-2H3,(H2,25,28). The van der Waals surface area contributed by atoms with Crippen LogP contribution in [0, 0.1) is 5.92 Å². The third-order valence-electron chi connectivity index (χ3n) is 5.85. The molecule has 2 aromatic carbocycles. The molecule has 1 atom stereocenters. The molecule has 1 aliphatic rings. The average Bonchev–Trinajstić information content (AvgIpc) is 2.75. The number of likely N-dealkylation sites (tertiary alicyclic amines) is 1. The lowest BCUT2D eigenvalue weighted by molar-refractivity contribution is 0.0892. The van der Waals surface area contributed by atoms with Crippen LogP contribution in [0.25, 0.3) is 0 Å². The Balaban J connectivity index is 1.57. The fraction of sp³-hybridized carbons (Fsp3) is 0.435. The largest absolute Gasteiger partial charge is 0.497 e. The van der Waals surface area contributed by atoms with Gasteiger partial charge in [0.1, 0.15) is 11.5 Å². The first kappa shape index (κ1) is 21.9. The predicted molar refractivity (Wildman–Crippen MR) is 117 cm³/mol. The van der Waals surface area contributed by atoms with Crippen LogP contribution in [0.5, 0.6) is 11.5 Å². The number of rotatable bonds is 8. The van der Waals surface area contributed by atoms with Crippen LogP contribution in [0.1, 0.15) is 40.4 Å². The van der Waals surface area contributed by atoms with Crippen LogP contribution in [0.3, 0.4) is 0 Å². The third kappa shape index (κ3) is 5.23. The molecule has 162 valence electrons. The van der Waals surface area contributed by atoms with Crippen LogP contribution in [-0.2, 0) is 6.42 Å². The maximum atomic E-state index is 11.7. The molecule has 0 saturated carbocycles. The molecule has 1 amide bonds. The number of primary amides is 1. The molecule has 0 radical (unpaired) electrons. The molecule has 2 aromatic rings. The highest BCUT2D eigenvalue weighted by Gasteiger charge is 2.23. The molecule has 7 nitrogen and oxygen atoms in total. The molecule has 0 aromatic heterocycles. The molecule has 1 heterocycles. The van der Waals surface area contributed by atoms with E-state index in [1.165, 1.54) is 7.11 Å². The van der Waals surface area contributed by atoms with Crippen LogP contribution >= 0.6 is 0 Å². The fourth-order valence-electron chi connectivity index (χ4n) is 4.06. The van der Waals surface area contributed by atoms with E-state index in [0.29, 0.717) is 29.5 Å². The van der Waals surface area contributed by atoms with Crippen LogP contribution < -0.4 is 20.9 Å². The number of anilines is 1. The first-order valence-electron chi connectivity index (χ1n) is 10.2. The van der Waals surface area contributed by atoms with E-state index in [9.17, 15) is 9.90 Å². The van der Waals surface area contributed by atoms with Gasteiger partial charge in [0.25, 0.3) is 5.91 Å². The molecule has 5 N–H and O–H groups in total. The molecule has 3 rings (SSSR count). The summed E-state index contributed by atoms with van der Waals surface area (Å²) in [6.07, 6.45) is 2.25. The van der Waals surface area contributed by atoms with Gasteiger partial charge in [-0.1, -0.05) is 12.1 Å². The normalized spacial score (nSPS) is 16.2. The smallest absolute Gasteiger partial charge is 0.252 e. The van der Waals surface area contributed by atoms with Gasteiger partial charge in [0.15, 0.2) is 0 Å². The van der Waals surface area contributed by atoms with Crippen molar-refractivity contribution in [3.8, 4) is 11.5 Å². The number of nitrogen functional groups attached to an aromatic ring is 1. The lowest BCUT2D eigenvalue weighted by Gasteiger charge is -2.33.